The molecule has 0 N–H and O–H groups in total. The Balaban J connectivity index is 0.000000291. The molecule has 0 saturated heterocycles. The van der Waals surface area contributed by atoms with Gasteiger partial charge in [0.15, 0.2) is 0 Å². The van der Waals surface area contributed by atoms with E-state index in [4.69, 9.17) is 0 Å². The molecule has 1 atom stereocenters. The molecule has 8 rings (SSSR count). The minimum atomic E-state index is 0. The van der Waals surface area contributed by atoms with Crippen LogP contribution in [0.4, 0.5) is 0 Å². The molecule has 4 aromatic rings. The van der Waals surface area contributed by atoms with E-state index < -0.39 is 0 Å². The van der Waals surface area contributed by atoms with Gasteiger partial charge in [0.1, 0.15) is 0 Å². The third kappa shape index (κ3) is 11.9. The van der Waals surface area contributed by atoms with Crippen LogP contribution in [0.5, 0.6) is 0 Å². The molecule has 0 radical (unpaired) electrons. The Morgan fingerprint density at radius 1 is 0.661 bits per heavy atom. The summed E-state index contributed by atoms with van der Waals surface area (Å²) in [5, 5.41) is 0. The van der Waals surface area contributed by atoms with Gasteiger partial charge < -0.3 is 0 Å². The van der Waals surface area contributed by atoms with E-state index in [1.807, 2.05) is 30.3 Å². The van der Waals surface area contributed by atoms with Crippen LogP contribution in [0, 0.1) is 30.2 Å². The summed E-state index contributed by atoms with van der Waals surface area (Å²) in [6.45, 7) is 31.2. The first-order valence-corrected chi connectivity index (χ1v) is 21.1. The van der Waals surface area contributed by atoms with Gasteiger partial charge in [0.2, 0.25) is 0 Å². The van der Waals surface area contributed by atoms with Crippen molar-refractivity contribution >= 4 is 40.2 Å². The average molecular weight is 863 g/mol. The number of fused-ring (bicyclic) bond motifs is 5. The summed E-state index contributed by atoms with van der Waals surface area (Å²) in [6.07, 6.45) is 14.5. The number of rotatable bonds is 0. The third-order valence-electron chi connectivity index (χ3n) is 10.7. The first-order chi connectivity index (χ1) is 25.2. The van der Waals surface area contributed by atoms with Crippen LogP contribution >= 0.6 is 24.8 Å². The van der Waals surface area contributed by atoms with Gasteiger partial charge in [-0.2, -0.15) is 83.4 Å². The van der Waals surface area contributed by atoms with Gasteiger partial charge in [0, 0.05) is 5.41 Å². The van der Waals surface area contributed by atoms with Crippen molar-refractivity contribution in [3.63, 3.8) is 0 Å². The number of hydrogen-bond donors (Lipinski definition) is 0. The molecule has 4 aliphatic rings. The number of allylic oxidation sites excluding steroid dienone is 8. The predicted octanol–water partition coefficient (Wildman–Crippen LogP) is 14.8. The van der Waals surface area contributed by atoms with Gasteiger partial charge in [-0.15, -0.1) is 43.4 Å². The van der Waals surface area contributed by atoms with Crippen molar-refractivity contribution in [3.05, 3.63) is 165 Å². The van der Waals surface area contributed by atoms with E-state index in [9.17, 15) is 0 Å². The molecular weight excluding hydrogens is 799 g/mol. The van der Waals surface area contributed by atoms with Gasteiger partial charge in [0.25, 0.3) is 0 Å². The molecule has 4 aromatic carbocycles. The SMILES string of the molecule is CC(C)(C)c1cc[c-]cc1.CC(C)(C)c1cc[c-]cc1.CC1=CC(C)[C-]=C1.CC1=[C-]C(C)(C)c2cc3c(cc21)-c1cc2c(cc1C3)C(C)(C)C=C2C.Cl.Cl.[CH2]=[Zr]. The molecule has 0 heterocycles. The topological polar surface area (TPSA) is 0 Å². The van der Waals surface area contributed by atoms with Gasteiger partial charge in [0.05, 0.1) is 0 Å². The van der Waals surface area contributed by atoms with Gasteiger partial charge in [-0.3, -0.25) is 12.2 Å². The Labute approximate surface area is 369 Å². The van der Waals surface area contributed by atoms with E-state index in [-0.39, 0.29) is 46.5 Å². The summed E-state index contributed by atoms with van der Waals surface area (Å²) in [5.74, 6) is 0.556. The molecule has 0 saturated carbocycles. The van der Waals surface area contributed by atoms with Crippen LogP contribution in [0.25, 0.3) is 22.3 Å². The fourth-order valence-corrected chi connectivity index (χ4v) is 7.80. The third-order valence-corrected chi connectivity index (χ3v) is 10.7. The van der Waals surface area contributed by atoms with Gasteiger partial charge >= 0.3 is 28.4 Å². The van der Waals surface area contributed by atoms with E-state index in [1.165, 1.54) is 96.6 Å². The summed E-state index contributed by atoms with van der Waals surface area (Å²) in [5.41, 5.74) is 19.2. The zero-order chi connectivity index (χ0) is 40.2. The number of benzene rings is 4. The zero-order valence-electron chi connectivity index (χ0n) is 36.5. The minimum absolute atomic E-state index is 0. The van der Waals surface area contributed by atoms with Crippen molar-refractivity contribution in [2.75, 3.05) is 0 Å². The van der Waals surface area contributed by atoms with Crippen LogP contribution in [-0.4, -0.2) is 4.21 Å². The second kappa shape index (κ2) is 19.7. The molecule has 0 bridgehead atoms. The standard InChI is InChI=1S/C25H25.2C10H13.C7H9.CH2.2ClH.Zr/c1-14-12-24(3,4)22-8-16-7-17-9-23-19(15(2)13-25(23,5)6)11-21(17)20(16)10-18(14)22;2*1-10(2,3)9-7-5-4-6-8-9;1-6-3-4-7(2)5-6;;;;/h8-12H,7H2,1-6H3;2*5-8H,1-3H3;3,5,7H,1-2H3;1H2;2*1H;/q4*-1;;;;. The fraction of sp³-hybridized carbons (Fsp3) is 0.377. The van der Waals surface area contributed by atoms with Gasteiger partial charge in [-0.05, 0) is 69.2 Å². The molecule has 3 heteroatoms. The quantitative estimate of drug-likeness (QED) is 0.136. The summed E-state index contributed by atoms with van der Waals surface area (Å²) in [4.78, 5) is 0. The molecule has 0 amide bonds. The summed E-state index contributed by atoms with van der Waals surface area (Å²) in [7, 11) is 0. The molecule has 0 aliphatic heterocycles. The van der Waals surface area contributed by atoms with Crippen molar-refractivity contribution < 1.29 is 24.2 Å². The first-order valence-electron chi connectivity index (χ1n) is 19.4. The van der Waals surface area contributed by atoms with Crippen molar-refractivity contribution in [2.45, 2.75) is 125 Å². The molecule has 0 nitrogen and oxygen atoms in total. The second-order valence-corrected chi connectivity index (χ2v) is 18.3. The van der Waals surface area contributed by atoms with Crippen LogP contribution < -0.4 is 0 Å². The van der Waals surface area contributed by atoms with E-state index in [0.717, 1.165) is 6.42 Å². The summed E-state index contributed by atoms with van der Waals surface area (Å²) < 4.78 is 3.34. The second-order valence-electron chi connectivity index (χ2n) is 18.3. The van der Waals surface area contributed by atoms with E-state index in [0.29, 0.717) is 5.92 Å². The Kier molecular flexibility index (Phi) is 17.4. The molecule has 298 valence electrons. The van der Waals surface area contributed by atoms with Gasteiger partial charge in [-0.1, -0.05) is 113 Å². The Hall–Kier alpha value is -2.83. The van der Waals surface area contributed by atoms with Crippen LogP contribution in [-0.2, 0) is 52.3 Å². The Bertz CT molecular complexity index is 1930. The number of hydrogen-bond acceptors (Lipinski definition) is 0. The van der Waals surface area contributed by atoms with Crippen molar-refractivity contribution in [3.8, 4) is 11.1 Å². The zero-order valence-corrected chi connectivity index (χ0v) is 40.6. The van der Waals surface area contributed by atoms with Crippen molar-refractivity contribution in [2.24, 2.45) is 5.92 Å². The summed E-state index contributed by atoms with van der Waals surface area (Å²) >= 11 is 1.30. The van der Waals surface area contributed by atoms with E-state index >= 15 is 0 Å². The van der Waals surface area contributed by atoms with Crippen LogP contribution in [0.15, 0.2) is 96.6 Å². The van der Waals surface area contributed by atoms with Crippen molar-refractivity contribution in [1.82, 2.24) is 0 Å². The molecule has 56 heavy (non-hydrogen) atoms. The van der Waals surface area contributed by atoms with Crippen LogP contribution in [0.3, 0.4) is 0 Å². The first kappa shape index (κ1) is 49.3. The van der Waals surface area contributed by atoms with E-state index in [2.05, 4.69) is 186 Å². The van der Waals surface area contributed by atoms with Gasteiger partial charge in [-0.25, -0.2) is 17.2 Å². The molecule has 0 fully saturated rings. The molecule has 0 spiro atoms. The predicted molar refractivity (Wildman–Crippen MR) is 247 cm³/mol. The summed E-state index contributed by atoms with van der Waals surface area (Å²) in [6, 6.07) is 32.1. The molecule has 1 unspecified atom stereocenters. The van der Waals surface area contributed by atoms with E-state index in [1.54, 1.807) is 0 Å². The average Bonchev–Trinajstić information content (AvgIpc) is 3.80. The maximum absolute atomic E-state index is 3.65. The maximum atomic E-state index is 3.65. The Morgan fingerprint density at radius 3 is 1.48 bits per heavy atom. The van der Waals surface area contributed by atoms with Crippen molar-refractivity contribution in [1.29, 1.82) is 0 Å². The monoisotopic (exact) mass is 860 g/mol. The van der Waals surface area contributed by atoms with Crippen LogP contribution in [0.2, 0.25) is 0 Å². The molecular formula is C53H64Cl2Zr-4. The number of halogens is 2. The van der Waals surface area contributed by atoms with Crippen LogP contribution in [0.1, 0.15) is 141 Å². The normalized spacial score (nSPS) is 16.9. The molecule has 0 aromatic heterocycles. The molecule has 4 aliphatic carbocycles. The fourth-order valence-electron chi connectivity index (χ4n) is 7.80. The Morgan fingerprint density at radius 2 is 1.11 bits per heavy atom.